The third kappa shape index (κ3) is 4.51. The lowest BCUT2D eigenvalue weighted by Crippen LogP contribution is -2.20. The fourth-order valence-corrected chi connectivity index (χ4v) is 7.72. The highest BCUT2D eigenvalue weighted by Gasteiger charge is 2.23. The molecule has 1 aliphatic heterocycles. The van der Waals surface area contributed by atoms with Crippen molar-refractivity contribution < 1.29 is 0 Å². The van der Waals surface area contributed by atoms with Crippen LogP contribution in [-0.4, -0.2) is 14.0 Å². The van der Waals surface area contributed by atoms with Crippen LogP contribution in [0.5, 0.6) is 0 Å². The first-order valence-electron chi connectivity index (χ1n) is 6.52. The van der Waals surface area contributed by atoms with Crippen LogP contribution in [0, 0.1) is 5.92 Å². The lowest BCUT2D eigenvalue weighted by molar-refractivity contribution is 0.566. The van der Waals surface area contributed by atoms with E-state index in [0.717, 1.165) is 19.5 Å². The Bertz CT molecular complexity index is 469. The Labute approximate surface area is 136 Å². The van der Waals surface area contributed by atoms with E-state index in [4.69, 9.17) is 0 Å². The first-order chi connectivity index (χ1) is 9.90. The molecule has 0 amide bonds. The van der Waals surface area contributed by atoms with Crippen molar-refractivity contribution >= 4 is 43.9 Å². The fourth-order valence-electron chi connectivity index (χ4n) is 1.98. The maximum absolute atomic E-state index is 2.38. The summed E-state index contributed by atoms with van der Waals surface area (Å²) in [6, 6.07) is 10.6. The van der Waals surface area contributed by atoms with Crippen molar-refractivity contribution in [1.29, 1.82) is 0 Å². The minimum Gasteiger partial charge on any atom is -0.172 e. The molecular weight excluding hydrogens is 324 g/mol. The van der Waals surface area contributed by atoms with Crippen molar-refractivity contribution in [3.05, 3.63) is 60.2 Å². The normalized spacial score (nSPS) is 24.1. The minimum absolute atomic E-state index is 0.655. The van der Waals surface area contributed by atoms with Gasteiger partial charge in [-0.2, -0.15) is 7.42 Å². The van der Waals surface area contributed by atoms with Crippen LogP contribution in [-0.2, 0) is 6.54 Å². The van der Waals surface area contributed by atoms with Crippen LogP contribution in [0.3, 0.4) is 0 Å². The van der Waals surface area contributed by atoms with E-state index in [1.54, 1.807) is 0 Å². The van der Waals surface area contributed by atoms with Crippen LogP contribution in [0.15, 0.2) is 54.6 Å². The van der Waals surface area contributed by atoms with Gasteiger partial charge in [0.1, 0.15) is 0 Å². The van der Waals surface area contributed by atoms with Crippen molar-refractivity contribution in [3.63, 3.8) is 0 Å². The average Bonchev–Trinajstić information content (AvgIpc) is 2.51. The first-order valence-corrected chi connectivity index (χ1v) is 10.6. The van der Waals surface area contributed by atoms with E-state index in [1.165, 1.54) is 5.56 Å². The van der Waals surface area contributed by atoms with Gasteiger partial charge < -0.3 is 0 Å². The number of rotatable bonds is 4. The van der Waals surface area contributed by atoms with Crippen molar-refractivity contribution in [1.82, 2.24) is 7.42 Å². The molecule has 1 aliphatic carbocycles. The van der Waals surface area contributed by atoms with E-state index in [1.807, 2.05) is 43.9 Å². The molecule has 1 fully saturated rings. The molecule has 1 aromatic carbocycles. The summed E-state index contributed by atoms with van der Waals surface area (Å²) >= 11 is 0. The summed E-state index contributed by atoms with van der Waals surface area (Å²) in [7, 11) is 7.35. The maximum atomic E-state index is 2.38. The van der Waals surface area contributed by atoms with Crippen molar-refractivity contribution in [2.75, 3.05) is 6.54 Å². The van der Waals surface area contributed by atoms with Gasteiger partial charge in [0.25, 0.3) is 0 Å². The van der Waals surface area contributed by atoms with Gasteiger partial charge >= 0.3 is 0 Å². The molecule has 1 aromatic rings. The second-order valence-electron chi connectivity index (χ2n) is 4.60. The number of nitrogens with zero attached hydrogens (tertiary/aromatic N) is 2. The summed E-state index contributed by atoms with van der Waals surface area (Å²) in [5, 5.41) is 0. The molecule has 6 heteroatoms. The molecule has 2 aliphatic rings. The van der Waals surface area contributed by atoms with Crippen molar-refractivity contribution in [3.8, 4) is 0 Å². The standard InChI is InChI=1S/C14H16N2S4/c1-3-7-13(8-4-1)11-15-17-19-16(20-18-15)12-14-9-5-2-6-10-14/h1-9,14H,10-12H2. The highest BCUT2D eigenvalue weighted by Crippen LogP contribution is 2.52. The Hall–Kier alpha value is 0.0200. The Kier molecular flexibility index (Phi) is 5.87. The van der Waals surface area contributed by atoms with Crippen molar-refractivity contribution in [2.45, 2.75) is 13.0 Å². The highest BCUT2D eigenvalue weighted by molar-refractivity contribution is 8.88. The van der Waals surface area contributed by atoms with E-state index < -0.39 is 0 Å². The molecular formula is C14H16N2S4. The molecule has 0 saturated carbocycles. The second kappa shape index (κ2) is 7.87. The van der Waals surface area contributed by atoms with Crippen LogP contribution in [0.2, 0.25) is 0 Å². The Balaban J connectivity index is 1.43. The third-order valence-electron chi connectivity index (χ3n) is 3.01. The van der Waals surface area contributed by atoms with Crippen LogP contribution >= 0.6 is 43.9 Å². The van der Waals surface area contributed by atoms with Crippen LogP contribution in [0.4, 0.5) is 0 Å². The number of allylic oxidation sites excluding steroid dienone is 3. The molecule has 2 nitrogen and oxygen atoms in total. The topological polar surface area (TPSA) is 6.48 Å². The number of hydrogen-bond donors (Lipinski definition) is 0. The van der Waals surface area contributed by atoms with Gasteiger partial charge in [0.05, 0.1) is 0 Å². The second-order valence-corrected chi connectivity index (χ2v) is 9.21. The minimum atomic E-state index is 0.655. The summed E-state index contributed by atoms with van der Waals surface area (Å²) in [4.78, 5) is 0. The molecule has 106 valence electrons. The van der Waals surface area contributed by atoms with E-state index in [-0.39, 0.29) is 0 Å². The van der Waals surface area contributed by atoms with Gasteiger partial charge in [-0.3, -0.25) is 0 Å². The fraction of sp³-hybridized carbons (Fsp3) is 0.286. The predicted octanol–water partition coefficient (Wildman–Crippen LogP) is 5.36. The number of benzene rings is 1. The molecule has 0 radical (unpaired) electrons. The zero-order valence-electron chi connectivity index (χ0n) is 10.9. The van der Waals surface area contributed by atoms with Crippen molar-refractivity contribution in [2.24, 2.45) is 5.92 Å². The molecule has 0 aromatic heterocycles. The summed E-state index contributed by atoms with van der Waals surface area (Å²) in [5.74, 6) is 0.655. The lowest BCUT2D eigenvalue weighted by Gasteiger charge is -2.31. The SMILES string of the molecule is C1=CCC(CN2SSN(Cc3ccccc3)SS2)C=C1. The summed E-state index contributed by atoms with van der Waals surface area (Å²) in [6.07, 6.45) is 10.0. The molecule has 20 heavy (non-hydrogen) atoms. The van der Waals surface area contributed by atoms with E-state index in [2.05, 4.69) is 62.1 Å². The van der Waals surface area contributed by atoms with Gasteiger partial charge in [-0.15, -0.1) is 0 Å². The van der Waals surface area contributed by atoms with E-state index in [9.17, 15) is 0 Å². The van der Waals surface area contributed by atoms with Gasteiger partial charge in [0.2, 0.25) is 0 Å². The smallest absolute Gasteiger partial charge is 0.0470 e. The summed E-state index contributed by atoms with van der Waals surface area (Å²) < 4.78 is 4.71. The van der Waals surface area contributed by atoms with E-state index in [0.29, 0.717) is 5.92 Å². The Morgan fingerprint density at radius 3 is 2.40 bits per heavy atom. The predicted molar refractivity (Wildman–Crippen MR) is 95.4 cm³/mol. The summed E-state index contributed by atoms with van der Waals surface area (Å²) in [6.45, 7) is 2.09. The van der Waals surface area contributed by atoms with Crippen LogP contribution < -0.4 is 0 Å². The van der Waals surface area contributed by atoms with Crippen LogP contribution in [0.25, 0.3) is 0 Å². The monoisotopic (exact) mass is 340 g/mol. The Morgan fingerprint density at radius 1 is 0.950 bits per heavy atom. The largest absolute Gasteiger partial charge is 0.172 e. The Morgan fingerprint density at radius 2 is 1.70 bits per heavy atom. The zero-order chi connectivity index (χ0) is 13.6. The molecule has 1 heterocycles. The van der Waals surface area contributed by atoms with Gasteiger partial charge in [0.15, 0.2) is 0 Å². The molecule has 0 bridgehead atoms. The quantitative estimate of drug-likeness (QED) is 0.534. The van der Waals surface area contributed by atoms with E-state index >= 15 is 0 Å². The number of hydrogen-bond acceptors (Lipinski definition) is 6. The first kappa shape index (κ1) is 14.9. The highest BCUT2D eigenvalue weighted by atomic mass is 33.2. The van der Waals surface area contributed by atoms with Gasteiger partial charge in [-0.25, -0.2) is 0 Å². The van der Waals surface area contributed by atoms with Gasteiger partial charge in [-0.05, 0) is 17.9 Å². The zero-order valence-corrected chi connectivity index (χ0v) is 14.2. The van der Waals surface area contributed by atoms with Gasteiger partial charge in [-0.1, -0.05) is 54.6 Å². The molecule has 1 unspecified atom stereocenters. The average molecular weight is 341 g/mol. The van der Waals surface area contributed by atoms with Crippen LogP contribution in [0.1, 0.15) is 12.0 Å². The molecule has 0 N–H and O–H groups in total. The maximum Gasteiger partial charge on any atom is 0.0470 e. The summed E-state index contributed by atoms with van der Waals surface area (Å²) in [5.41, 5.74) is 1.36. The molecule has 3 rings (SSSR count). The molecule has 0 spiro atoms. The molecule has 1 atom stereocenters. The van der Waals surface area contributed by atoms with Gasteiger partial charge in [0, 0.05) is 57.0 Å². The molecule has 1 saturated heterocycles. The lowest BCUT2D eigenvalue weighted by atomic mass is 10.0. The third-order valence-corrected chi connectivity index (χ3v) is 8.95.